The molecule has 6 rings (SSSR count). The summed E-state index contributed by atoms with van der Waals surface area (Å²) in [5, 5.41) is 8.27. The third-order valence-corrected chi connectivity index (χ3v) is 9.03. The first-order valence-corrected chi connectivity index (χ1v) is 14.9. The molecule has 1 saturated heterocycles. The number of Topliss-reactive ketones (excluding diaryl/α,β-unsaturated/α-hetero) is 1. The first kappa shape index (κ1) is 28.1. The van der Waals surface area contributed by atoms with Crippen molar-refractivity contribution in [3.8, 4) is 11.1 Å². The minimum absolute atomic E-state index is 0.0172. The molecular formula is C31H32BrN7O3. The van der Waals surface area contributed by atoms with Gasteiger partial charge in [-0.05, 0) is 82.4 Å². The van der Waals surface area contributed by atoms with E-state index in [-0.39, 0.29) is 35.6 Å². The number of nitrogens with zero attached hydrogens (tertiary/aromatic N) is 6. The number of rotatable bonds is 8. The lowest BCUT2D eigenvalue weighted by molar-refractivity contribution is -0.140. The fraction of sp³-hybridized carbons (Fsp3) is 0.387. The topological polar surface area (TPSA) is 123 Å². The molecule has 2 fully saturated rings. The molecule has 0 spiro atoms. The monoisotopic (exact) mass is 629 g/mol. The number of aromatic nitrogens is 5. The van der Waals surface area contributed by atoms with E-state index in [0.29, 0.717) is 35.4 Å². The number of benzene rings is 1. The molecule has 3 atom stereocenters. The summed E-state index contributed by atoms with van der Waals surface area (Å²) in [6.45, 7) is 7.77. The van der Waals surface area contributed by atoms with Crippen molar-refractivity contribution in [3.63, 3.8) is 0 Å². The lowest BCUT2D eigenvalue weighted by atomic mass is 10.0. The number of pyridine rings is 1. The van der Waals surface area contributed by atoms with E-state index in [1.165, 1.54) is 6.92 Å². The molecule has 4 aromatic rings. The minimum Gasteiger partial charge on any atom is -0.350 e. The van der Waals surface area contributed by atoms with Crippen LogP contribution < -0.4 is 5.32 Å². The van der Waals surface area contributed by atoms with Crippen LogP contribution >= 0.6 is 15.9 Å². The third kappa shape index (κ3) is 5.10. The van der Waals surface area contributed by atoms with Crippen molar-refractivity contribution in [1.82, 2.24) is 34.9 Å². The smallest absolute Gasteiger partial charge is 0.245 e. The molecule has 216 valence electrons. The predicted molar refractivity (Wildman–Crippen MR) is 160 cm³/mol. The highest BCUT2D eigenvalue weighted by Gasteiger charge is 2.64. The van der Waals surface area contributed by atoms with Crippen molar-refractivity contribution in [1.29, 1.82) is 0 Å². The summed E-state index contributed by atoms with van der Waals surface area (Å²) in [5.74, 6) is 0.135. The molecule has 2 aliphatic rings. The van der Waals surface area contributed by atoms with E-state index in [9.17, 15) is 14.4 Å². The Hall–Kier alpha value is -3.99. The van der Waals surface area contributed by atoms with Gasteiger partial charge in [0.2, 0.25) is 11.8 Å². The van der Waals surface area contributed by atoms with Gasteiger partial charge in [0.15, 0.2) is 5.78 Å². The maximum atomic E-state index is 13.8. The quantitative estimate of drug-likeness (QED) is 0.226. The van der Waals surface area contributed by atoms with Crippen molar-refractivity contribution >= 4 is 44.4 Å². The highest BCUT2D eigenvalue weighted by atomic mass is 79.9. The lowest BCUT2D eigenvalue weighted by Gasteiger charge is -2.27. The molecule has 2 amide bonds. The largest absolute Gasteiger partial charge is 0.350 e. The Bertz CT molecular complexity index is 1730. The summed E-state index contributed by atoms with van der Waals surface area (Å²) in [7, 11) is 0. The van der Waals surface area contributed by atoms with E-state index >= 15 is 0 Å². The van der Waals surface area contributed by atoms with Gasteiger partial charge in [-0.25, -0.2) is 15.0 Å². The Kier molecular flexibility index (Phi) is 7.16. The zero-order valence-corrected chi connectivity index (χ0v) is 25.6. The van der Waals surface area contributed by atoms with Crippen LogP contribution in [0.3, 0.4) is 0 Å². The van der Waals surface area contributed by atoms with Crippen molar-refractivity contribution in [2.75, 3.05) is 0 Å². The molecule has 4 heterocycles. The Morgan fingerprint density at radius 3 is 2.52 bits per heavy atom. The van der Waals surface area contributed by atoms with Crippen LogP contribution in [-0.4, -0.2) is 59.3 Å². The van der Waals surface area contributed by atoms with Crippen LogP contribution in [-0.2, 0) is 29.1 Å². The number of aryl methyl sites for hydroxylation is 2. The summed E-state index contributed by atoms with van der Waals surface area (Å²) < 4.78 is 2.34. The van der Waals surface area contributed by atoms with Crippen LogP contribution in [0, 0.1) is 12.3 Å². The zero-order valence-electron chi connectivity index (χ0n) is 24.0. The van der Waals surface area contributed by atoms with E-state index < -0.39 is 6.04 Å². The van der Waals surface area contributed by atoms with Crippen molar-refractivity contribution in [3.05, 3.63) is 70.1 Å². The fourth-order valence-corrected chi connectivity index (χ4v) is 6.51. The predicted octanol–water partition coefficient (Wildman–Crippen LogP) is 4.42. The molecule has 0 bridgehead atoms. The average molecular weight is 631 g/mol. The van der Waals surface area contributed by atoms with Crippen LogP contribution in [0.2, 0.25) is 0 Å². The van der Waals surface area contributed by atoms with Crippen LogP contribution in [0.5, 0.6) is 0 Å². The Morgan fingerprint density at radius 2 is 1.81 bits per heavy atom. The first-order valence-electron chi connectivity index (χ1n) is 14.1. The number of ketones is 1. The van der Waals surface area contributed by atoms with Gasteiger partial charge in [-0.15, -0.1) is 0 Å². The Labute approximate surface area is 252 Å². The van der Waals surface area contributed by atoms with Gasteiger partial charge in [-0.3, -0.25) is 19.1 Å². The average Bonchev–Trinajstić information content (AvgIpc) is 3.33. The maximum Gasteiger partial charge on any atom is 0.245 e. The van der Waals surface area contributed by atoms with Gasteiger partial charge in [0.25, 0.3) is 0 Å². The summed E-state index contributed by atoms with van der Waals surface area (Å²) >= 11 is 3.41. The molecule has 1 aromatic carbocycles. The number of nitrogens with one attached hydrogen (secondary N) is 1. The summed E-state index contributed by atoms with van der Waals surface area (Å²) in [6, 6.07) is 7.09. The number of carbonyl (C=O) groups is 3. The van der Waals surface area contributed by atoms with Gasteiger partial charge < -0.3 is 10.2 Å². The van der Waals surface area contributed by atoms with Crippen LogP contribution in [0.15, 0.2) is 47.5 Å². The molecule has 0 unspecified atom stereocenters. The minimum atomic E-state index is -0.558. The maximum absolute atomic E-state index is 13.8. The van der Waals surface area contributed by atoms with Gasteiger partial charge >= 0.3 is 0 Å². The number of halogens is 1. The number of fused-ring (bicyclic) bond motifs is 2. The lowest BCUT2D eigenvalue weighted by Crippen LogP contribution is -2.48. The number of likely N-dealkylation sites (tertiary alicyclic amines) is 1. The first-order chi connectivity index (χ1) is 20.1. The number of hydrogen-bond donors (Lipinski definition) is 1. The zero-order chi connectivity index (χ0) is 29.8. The molecule has 42 heavy (non-hydrogen) atoms. The second-order valence-electron chi connectivity index (χ2n) is 11.6. The molecule has 1 aliphatic heterocycles. The Morgan fingerprint density at radius 1 is 1.05 bits per heavy atom. The van der Waals surface area contributed by atoms with Gasteiger partial charge in [-0.2, -0.15) is 5.10 Å². The Balaban J connectivity index is 1.24. The van der Waals surface area contributed by atoms with E-state index in [2.05, 4.69) is 55.1 Å². The molecule has 1 saturated carbocycles. The SMILES string of the molecule is CCc1cc(Br)ncc1CNC(=O)[C@@H]1C[C@@]2(C)C[C@H]2N1C(=O)Cn1nc(C(C)=O)c2cc(-c3cnc(C)nc3)ccc21. The highest BCUT2D eigenvalue weighted by Crippen LogP contribution is 2.59. The number of amides is 2. The van der Waals surface area contributed by atoms with E-state index in [1.54, 1.807) is 28.2 Å². The molecule has 10 nitrogen and oxygen atoms in total. The van der Waals surface area contributed by atoms with Crippen LogP contribution in [0.1, 0.15) is 61.1 Å². The van der Waals surface area contributed by atoms with E-state index in [4.69, 9.17) is 0 Å². The van der Waals surface area contributed by atoms with Gasteiger partial charge in [-0.1, -0.05) is 19.9 Å². The summed E-state index contributed by atoms with van der Waals surface area (Å²) in [5.41, 5.74) is 4.66. The summed E-state index contributed by atoms with van der Waals surface area (Å²) in [6.07, 6.45) is 7.57. The summed E-state index contributed by atoms with van der Waals surface area (Å²) in [4.78, 5) is 54.4. The fourth-order valence-electron chi connectivity index (χ4n) is 6.14. The normalized spacial score (nSPS) is 20.9. The van der Waals surface area contributed by atoms with Gasteiger partial charge in [0.1, 0.15) is 28.7 Å². The molecule has 1 N–H and O–H groups in total. The molecular weight excluding hydrogens is 598 g/mol. The second-order valence-corrected chi connectivity index (χ2v) is 12.4. The standard InChI is InChI=1S/C31H32BrN7O3/c1-5-19-9-27(32)35-14-21(19)15-36-30(42)25-10-31(4)11-26(31)39(25)28(41)16-38-24-7-6-20(22-12-33-18(3)34-13-22)8-23(24)29(37-38)17(2)40/h6-9,12-14,25-26H,5,10-11,15-16H2,1-4H3,(H,36,42)/t25-,26+,31-/m0/s1. The molecule has 1 aliphatic carbocycles. The molecule has 3 aromatic heterocycles. The number of carbonyl (C=O) groups excluding carboxylic acids is 3. The highest BCUT2D eigenvalue weighted by molar-refractivity contribution is 9.10. The van der Waals surface area contributed by atoms with Crippen LogP contribution in [0.25, 0.3) is 22.0 Å². The molecule has 0 radical (unpaired) electrons. The van der Waals surface area contributed by atoms with E-state index in [0.717, 1.165) is 39.7 Å². The molecule has 11 heteroatoms. The van der Waals surface area contributed by atoms with Crippen LogP contribution in [0.4, 0.5) is 0 Å². The van der Waals surface area contributed by atoms with Crippen molar-refractivity contribution < 1.29 is 14.4 Å². The number of hydrogen-bond acceptors (Lipinski definition) is 7. The van der Waals surface area contributed by atoms with Crippen molar-refractivity contribution in [2.45, 2.75) is 72.1 Å². The van der Waals surface area contributed by atoms with Crippen molar-refractivity contribution in [2.24, 2.45) is 5.41 Å². The van der Waals surface area contributed by atoms with Gasteiger partial charge in [0, 0.05) is 49.1 Å². The van der Waals surface area contributed by atoms with Gasteiger partial charge in [0.05, 0.1) is 5.52 Å². The number of piperidine rings is 1. The third-order valence-electron chi connectivity index (χ3n) is 8.59. The second kappa shape index (κ2) is 10.7. The van der Waals surface area contributed by atoms with E-state index in [1.807, 2.05) is 31.2 Å².